The van der Waals surface area contributed by atoms with Crippen molar-refractivity contribution in [3.05, 3.63) is 41.1 Å². The third-order valence-corrected chi connectivity index (χ3v) is 2.46. The molecule has 1 aromatic heterocycles. The van der Waals surface area contributed by atoms with Gasteiger partial charge in [0.15, 0.2) is 0 Å². The number of hydrogen-bond donors (Lipinski definition) is 3. The van der Waals surface area contributed by atoms with Crippen molar-refractivity contribution in [1.29, 1.82) is 5.26 Å². The highest BCUT2D eigenvalue weighted by Gasteiger charge is 2.10. The van der Waals surface area contributed by atoms with E-state index in [0.29, 0.717) is 11.3 Å². The highest BCUT2D eigenvalue weighted by Crippen LogP contribution is 2.17. The molecule has 0 saturated carbocycles. The fourth-order valence-electron chi connectivity index (χ4n) is 1.47. The normalized spacial score (nSPS) is 9.78. The number of anilines is 2. The second-order valence-corrected chi connectivity index (χ2v) is 3.80. The molecule has 2 rings (SSSR count). The first-order chi connectivity index (χ1) is 8.60. The number of aromatic amines is 1. The number of hydrogen-bond acceptors (Lipinski definition) is 4. The van der Waals surface area contributed by atoms with Crippen LogP contribution in [0.2, 0.25) is 0 Å². The molecule has 0 aliphatic rings. The number of benzene rings is 1. The Kier molecular flexibility index (Phi) is 2.98. The minimum atomic E-state index is -0.350. The molecule has 18 heavy (non-hydrogen) atoms. The lowest BCUT2D eigenvalue weighted by atomic mass is 10.1. The van der Waals surface area contributed by atoms with Crippen molar-refractivity contribution in [2.75, 3.05) is 11.1 Å². The van der Waals surface area contributed by atoms with E-state index in [4.69, 9.17) is 11.0 Å². The summed E-state index contributed by atoms with van der Waals surface area (Å²) in [5.74, 6) is -0.0972. The average molecular weight is 241 g/mol. The monoisotopic (exact) mass is 241 g/mol. The predicted octanol–water partition coefficient (Wildman–Crippen LogP) is 1.42. The van der Waals surface area contributed by atoms with Gasteiger partial charge in [-0.25, -0.2) is 0 Å². The average Bonchev–Trinajstić information content (AvgIpc) is 2.79. The number of rotatable bonds is 2. The van der Waals surface area contributed by atoms with Crippen molar-refractivity contribution < 1.29 is 4.79 Å². The van der Waals surface area contributed by atoms with Crippen LogP contribution in [-0.2, 0) is 0 Å². The molecule has 0 bridgehead atoms. The molecule has 4 N–H and O–H groups in total. The molecule has 6 heteroatoms. The summed E-state index contributed by atoms with van der Waals surface area (Å²) in [5, 5.41) is 17.7. The molecule has 1 heterocycles. The van der Waals surface area contributed by atoms with Gasteiger partial charge in [0.05, 0.1) is 11.6 Å². The summed E-state index contributed by atoms with van der Waals surface area (Å²) >= 11 is 0. The number of nitrogens with zero attached hydrogens (tertiary/aromatic N) is 2. The zero-order valence-electron chi connectivity index (χ0n) is 9.69. The molecule has 0 aliphatic carbocycles. The molecule has 0 unspecified atom stereocenters. The van der Waals surface area contributed by atoms with E-state index in [2.05, 4.69) is 15.5 Å². The summed E-state index contributed by atoms with van der Waals surface area (Å²) in [7, 11) is 0. The van der Waals surface area contributed by atoms with Gasteiger partial charge in [-0.3, -0.25) is 9.89 Å². The maximum Gasteiger partial charge on any atom is 0.273 e. The van der Waals surface area contributed by atoms with E-state index in [1.807, 2.05) is 13.0 Å². The second kappa shape index (κ2) is 4.59. The molecule has 0 fully saturated rings. The minimum absolute atomic E-state index is 0.252. The van der Waals surface area contributed by atoms with E-state index in [9.17, 15) is 4.79 Å². The van der Waals surface area contributed by atoms with Gasteiger partial charge in [-0.2, -0.15) is 10.4 Å². The standard InChI is InChI=1S/C12H11N5O/c1-7-2-3-8(6-13)4-9(7)15-12(18)10-5-11(14)17-16-10/h2-5H,1H3,(H,15,18)(H3,14,16,17). The number of nitrogen functional groups attached to an aromatic ring is 1. The maximum atomic E-state index is 11.9. The van der Waals surface area contributed by atoms with Crippen molar-refractivity contribution in [1.82, 2.24) is 10.2 Å². The summed E-state index contributed by atoms with van der Waals surface area (Å²) in [6.07, 6.45) is 0. The topological polar surface area (TPSA) is 108 Å². The lowest BCUT2D eigenvalue weighted by Crippen LogP contribution is -2.13. The van der Waals surface area contributed by atoms with Crippen molar-refractivity contribution in [2.24, 2.45) is 0 Å². The number of aryl methyl sites for hydroxylation is 1. The Labute approximate surface area is 103 Å². The Hall–Kier alpha value is -2.81. The predicted molar refractivity (Wildman–Crippen MR) is 66.8 cm³/mol. The molecule has 1 aromatic carbocycles. The highest BCUT2D eigenvalue weighted by atomic mass is 16.1. The molecule has 0 aliphatic heterocycles. The number of H-pyrrole nitrogens is 1. The van der Waals surface area contributed by atoms with Gasteiger partial charge in [0, 0.05) is 11.8 Å². The third-order valence-electron chi connectivity index (χ3n) is 2.46. The Morgan fingerprint density at radius 1 is 1.50 bits per heavy atom. The van der Waals surface area contributed by atoms with E-state index >= 15 is 0 Å². The molecule has 0 saturated heterocycles. The van der Waals surface area contributed by atoms with Gasteiger partial charge in [-0.15, -0.1) is 0 Å². The molecule has 1 amide bonds. The van der Waals surface area contributed by atoms with Gasteiger partial charge in [0.25, 0.3) is 5.91 Å². The minimum Gasteiger partial charge on any atom is -0.382 e. The molecule has 90 valence electrons. The first kappa shape index (κ1) is 11.7. The lowest BCUT2D eigenvalue weighted by molar-refractivity contribution is 0.102. The number of nitriles is 1. The number of amides is 1. The van der Waals surface area contributed by atoms with Crippen molar-refractivity contribution in [3.63, 3.8) is 0 Å². The fraction of sp³-hybridized carbons (Fsp3) is 0.0833. The number of nitrogens with one attached hydrogen (secondary N) is 2. The Morgan fingerprint density at radius 3 is 2.89 bits per heavy atom. The summed E-state index contributed by atoms with van der Waals surface area (Å²) in [6.45, 7) is 1.85. The first-order valence-corrected chi connectivity index (χ1v) is 5.23. The zero-order chi connectivity index (χ0) is 13.1. The molecule has 0 atom stereocenters. The van der Waals surface area contributed by atoms with Crippen LogP contribution >= 0.6 is 0 Å². The van der Waals surface area contributed by atoms with Crippen LogP contribution in [-0.4, -0.2) is 16.1 Å². The van der Waals surface area contributed by atoms with Crippen LogP contribution in [0.15, 0.2) is 24.3 Å². The van der Waals surface area contributed by atoms with Gasteiger partial charge >= 0.3 is 0 Å². The van der Waals surface area contributed by atoms with E-state index in [1.165, 1.54) is 6.07 Å². The van der Waals surface area contributed by atoms with Crippen molar-refractivity contribution >= 4 is 17.4 Å². The van der Waals surface area contributed by atoms with Crippen LogP contribution in [0.25, 0.3) is 0 Å². The lowest BCUT2D eigenvalue weighted by Gasteiger charge is -2.07. The van der Waals surface area contributed by atoms with Crippen LogP contribution in [0.1, 0.15) is 21.6 Å². The maximum absolute atomic E-state index is 11.9. The van der Waals surface area contributed by atoms with Crippen molar-refractivity contribution in [3.8, 4) is 6.07 Å². The van der Waals surface area contributed by atoms with E-state index in [0.717, 1.165) is 5.56 Å². The van der Waals surface area contributed by atoms with Gasteiger partial charge < -0.3 is 11.1 Å². The van der Waals surface area contributed by atoms with Crippen LogP contribution in [0, 0.1) is 18.3 Å². The Balaban J connectivity index is 2.24. The van der Waals surface area contributed by atoms with Gasteiger partial charge in [0.2, 0.25) is 0 Å². The number of nitrogens with two attached hydrogens (primary N) is 1. The number of carbonyl (C=O) groups excluding carboxylic acids is 1. The van der Waals surface area contributed by atoms with Gasteiger partial charge in [0.1, 0.15) is 11.5 Å². The molecule has 6 nitrogen and oxygen atoms in total. The molecule has 2 aromatic rings. The zero-order valence-corrected chi connectivity index (χ0v) is 9.69. The van der Waals surface area contributed by atoms with E-state index in [1.54, 1.807) is 18.2 Å². The van der Waals surface area contributed by atoms with Crippen LogP contribution in [0.5, 0.6) is 0 Å². The Bertz CT molecular complexity index is 638. The van der Waals surface area contributed by atoms with Gasteiger partial charge in [-0.1, -0.05) is 6.07 Å². The highest BCUT2D eigenvalue weighted by molar-refractivity contribution is 6.03. The molecule has 0 spiro atoms. The third kappa shape index (κ3) is 2.30. The second-order valence-electron chi connectivity index (χ2n) is 3.80. The number of aromatic nitrogens is 2. The van der Waals surface area contributed by atoms with E-state index < -0.39 is 0 Å². The van der Waals surface area contributed by atoms with Crippen molar-refractivity contribution in [2.45, 2.75) is 6.92 Å². The van der Waals surface area contributed by atoms with E-state index in [-0.39, 0.29) is 17.4 Å². The fourth-order valence-corrected chi connectivity index (χ4v) is 1.47. The summed E-state index contributed by atoms with van der Waals surface area (Å²) in [5.41, 5.74) is 7.64. The SMILES string of the molecule is Cc1ccc(C#N)cc1NC(=O)c1cc(N)n[nH]1. The summed E-state index contributed by atoms with van der Waals surface area (Å²) < 4.78 is 0. The molecular formula is C12H11N5O. The van der Waals surface area contributed by atoms with Crippen LogP contribution in [0.4, 0.5) is 11.5 Å². The first-order valence-electron chi connectivity index (χ1n) is 5.23. The largest absolute Gasteiger partial charge is 0.382 e. The van der Waals surface area contributed by atoms with Crippen LogP contribution < -0.4 is 11.1 Å². The molecular weight excluding hydrogens is 230 g/mol. The number of carbonyl (C=O) groups is 1. The summed E-state index contributed by atoms with van der Waals surface area (Å²) in [4.78, 5) is 11.9. The van der Waals surface area contributed by atoms with Gasteiger partial charge in [-0.05, 0) is 24.6 Å². The Morgan fingerprint density at radius 2 is 2.28 bits per heavy atom. The summed E-state index contributed by atoms with van der Waals surface area (Å²) in [6, 6.07) is 8.55. The quantitative estimate of drug-likeness (QED) is 0.738. The molecule has 0 radical (unpaired) electrons. The van der Waals surface area contributed by atoms with Crippen LogP contribution in [0.3, 0.4) is 0 Å². The smallest absolute Gasteiger partial charge is 0.273 e.